The summed E-state index contributed by atoms with van der Waals surface area (Å²) >= 11 is 0. The van der Waals surface area contributed by atoms with Crippen molar-refractivity contribution in [1.29, 1.82) is 0 Å². The van der Waals surface area contributed by atoms with Crippen molar-refractivity contribution >= 4 is 0 Å². The maximum Gasteiger partial charge on any atom is 0.109 e. The third kappa shape index (κ3) is 0.518. The number of hydroxylamine groups is 2. The van der Waals surface area contributed by atoms with Crippen molar-refractivity contribution in [3.8, 4) is 0 Å². The molecular weight excluding hydrogens is 78.0 g/mol. The Labute approximate surface area is 37.0 Å². The van der Waals surface area contributed by atoms with E-state index in [9.17, 15) is 0 Å². The Hall–Kier alpha value is -0.500. The highest BCUT2D eigenvalue weighted by molar-refractivity contribution is 4.79. The molecule has 0 aromatic heterocycles. The number of nitrogens with zero attached hydrogens (tertiary/aromatic N) is 1. The van der Waals surface area contributed by atoms with Gasteiger partial charge in [-0.05, 0) is 6.08 Å². The van der Waals surface area contributed by atoms with Gasteiger partial charge in [0.05, 0.1) is 6.54 Å². The van der Waals surface area contributed by atoms with Gasteiger partial charge in [0.25, 0.3) is 0 Å². The molecule has 0 saturated carbocycles. The molecule has 2 nitrogen and oxygen atoms in total. The summed E-state index contributed by atoms with van der Waals surface area (Å²) in [5, 5.41) is 1.75. The summed E-state index contributed by atoms with van der Waals surface area (Å²) < 4.78 is 0. The Balaban J connectivity index is 2.32. The van der Waals surface area contributed by atoms with E-state index in [4.69, 9.17) is 4.84 Å². The summed E-state index contributed by atoms with van der Waals surface area (Å²) in [6.45, 7) is 0.917. The summed E-state index contributed by atoms with van der Waals surface area (Å²) in [6.07, 6.45) is 3.64. The number of hydrogen-bond acceptors (Lipinski definition) is 2. The molecule has 0 bridgehead atoms. The minimum atomic E-state index is 0.917. The van der Waals surface area contributed by atoms with Crippen LogP contribution in [0.15, 0.2) is 12.3 Å². The fourth-order valence-electron chi connectivity index (χ4n) is 0.381. The van der Waals surface area contributed by atoms with Crippen molar-refractivity contribution in [2.45, 2.75) is 0 Å². The van der Waals surface area contributed by atoms with Crippen molar-refractivity contribution in [1.82, 2.24) is 5.06 Å². The van der Waals surface area contributed by atoms with Gasteiger partial charge in [-0.15, -0.1) is 5.06 Å². The van der Waals surface area contributed by atoms with Crippen molar-refractivity contribution in [2.24, 2.45) is 0 Å². The monoisotopic (exact) mass is 85.1 g/mol. The molecule has 2 heteroatoms. The van der Waals surface area contributed by atoms with Gasteiger partial charge in [-0.2, -0.15) is 0 Å². The molecule has 6 heavy (non-hydrogen) atoms. The predicted molar refractivity (Wildman–Crippen MR) is 22.9 cm³/mol. The first kappa shape index (κ1) is 3.68. The molecule has 0 fully saturated rings. The quantitative estimate of drug-likeness (QED) is 0.421. The van der Waals surface area contributed by atoms with Crippen LogP contribution in [0.3, 0.4) is 0 Å². The molecule has 1 aliphatic rings. The normalized spacial score (nSPS) is 21.5. The second-order valence-corrected chi connectivity index (χ2v) is 1.29. The fourth-order valence-corrected chi connectivity index (χ4v) is 0.381. The minimum absolute atomic E-state index is 0.917. The van der Waals surface area contributed by atoms with Crippen LogP contribution in [0.4, 0.5) is 0 Å². The molecule has 34 valence electrons. The van der Waals surface area contributed by atoms with Crippen LogP contribution in [-0.4, -0.2) is 18.7 Å². The first-order valence-corrected chi connectivity index (χ1v) is 1.92. The van der Waals surface area contributed by atoms with Crippen molar-refractivity contribution in [3.05, 3.63) is 12.3 Å². The Morgan fingerprint density at radius 2 is 2.67 bits per heavy atom. The van der Waals surface area contributed by atoms with Gasteiger partial charge in [-0.1, -0.05) is 0 Å². The van der Waals surface area contributed by atoms with Gasteiger partial charge in [0, 0.05) is 7.05 Å². The molecule has 0 aromatic rings. The van der Waals surface area contributed by atoms with E-state index in [1.165, 1.54) is 0 Å². The lowest BCUT2D eigenvalue weighted by Crippen LogP contribution is -2.09. The Kier molecular flexibility index (Phi) is 0.801. The standard InChI is InChI=1S/C4H7NO/c1-5-3-2-4-6-5/h2,4H,3H2,1H3. The van der Waals surface area contributed by atoms with Crippen LogP contribution >= 0.6 is 0 Å². The molecule has 0 atom stereocenters. The van der Waals surface area contributed by atoms with E-state index >= 15 is 0 Å². The zero-order valence-electron chi connectivity index (χ0n) is 3.72. The van der Waals surface area contributed by atoms with Gasteiger partial charge in [0.1, 0.15) is 6.26 Å². The molecule has 0 saturated heterocycles. The minimum Gasteiger partial charge on any atom is -0.414 e. The third-order valence-corrected chi connectivity index (χ3v) is 0.700. The van der Waals surface area contributed by atoms with E-state index in [1.807, 2.05) is 13.1 Å². The second kappa shape index (κ2) is 1.30. The van der Waals surface area contributed by atoms with E-state index in [2.05, 4.69) is 0 Å². The van der Waals surface area contributed by atoms with Gasteiger partial charge < -0.3 is 4.84 Å². The summed E-state index contributed by atoms with van der Waals surface area (Å²) in [7, 11) is 1.89. The molecule has 0 aliphatic carbocycles. The molecule has 1 rings (SSSR count). The lowest BCUT2D eigenvalue weighted by atomic mass is 10.6. The summed E-state index contributed by atoms with van der Waals surface area (Å²) in [6, 6.07) is 0. The molecule has 1 aliphatic heterocycles. The van der Waals surface area contributed by atoms with Crippen LogP contribution < -0.4 is 0 Å². The van der Waals surface area contributed by atoms with Crippen molar-refractivity contribution in [2.75, 3.05) is 13.6 Å². The summed E-state index contributed by atoms with van der Waals surface area (Å²) in [5.74, 6) is 0. The van der Waals surface area contributed by atoms with Crippen LogP contribution in [0.5, 0.6) is 0 Å². The molecular formula is C4H7NO. The molecule has 1 heterocycles. The second-order valence-electron chi connectivity index (χ2n) is 1.29. The first-order valence-electron chi connectivity index (χ1n) is 1.92. The fraction of sp³-hybridized carbons (Fsp3) is 0.500. The van der Waals surface area contributed by atoms with Crippen LogP contribution in [-0.2, 0) is 4.84 Å². The Morgan fingerprint density at radius 1 is 1.83 bits per heavy atom. The van der Waals surface area contributed by atoms with Gasteiger partial charge in [-0.3, -0.25) is 0 Å². The SMILES string of the molecule is CN1CC=CO1. The number of likely N-dealkylation sites (N-methyl/N-ethyl adjacent to an activating group) is 1. The highest BCUT2D eigenvalue weighted by Gasteiger charge is 1.95. The largest absolute Gasteiger partial charge is 0.414 e. The molecule has 0 unspecified atom stereocenters. The molecule has 0 spiro atoms. The van der Waals surface area contributed by atoms with E-state index in [-0.39, 0.29) is 0 Å². The topological polar surface area (TPSA) is 12.5 Å². The first-order chi connectivity index (χ1) is 2.89. The predicted octanol–water partition coefficient (Wildman–Crippen LogP) is 0.377. The van der Waals surface area contributed by atoms with E-state index in [1.54, 1.807) is 11.3 Å². The maximum atomic E-state index is 4.81. The van der Waals surface area contributed by atoms with E-state index in [0.717, 1.165) is 6.54 Å². The zero-order chi connectivity index (χ0) is 4.41. The average Bonchev–Trinajstić information content (AvgIpc) is 1.86. The van der Waals surface area contributed by atoms with Crippen molar-refractivity contribution in [3.63, 3.8) is 0 Å². The van der Waals surface area contributed by atoms with Crippen molar-refractivity contribution < 1.29 is 4.84 Å². The van der Waals surface area contributed by atoms with Gasteiger partial charge in [0.15, 0.2) is 0 Å². The number of rotatable bonds is 0. The third-order valence-electron chi connectivity index (χ3n) is 0.700. The summed E-state index contributed by atoms with van der Waals surface area (Å²) in [4.78, 5) is 4.81. The van der Waals surface area contributed by atoms with Crippen LogP contribution in [0.25, 0.3) is 0 Å². The molecule has 0 aromatic carbocycles. The van der Waals surface area contributed by atoms with Gasteiger partial charge >= 0.3 is 0 Å². The highest BCUT2D eigenvalue weighted by Crippen LogP contribution is 1.93. The van der Waals surface area contributed by atoms with E-state index < -0.39 is 0 Å². The lowest BCUT2D eigenvalue weighted by Gasteiger charge is -2.02. The van der Waals surface area contributed by atoms with Crippen LogP contribution in [0, 0.1) is 0 Å². The number of hydrogen-bond donors (Lipinski definition) is 0. The molecule has 0 radical (unpaired) electrons. The summed E-state index contributed by atoms with van der Waals surface area (Å²) in [5.41, 5.74) is 0. The highest BCUT2D eigenvalue weighted by atomic mass is 16.7. The zero-order valence-corrected chi connectivity index (χ0v) is 3.72. The van der Waals surface area contributed by atoms with Crippen LogP contribution in [0.1, 0.15) is 0 Å². The smallest absolute Gasteiger partial charge is 0.109 e. The molecule has 0 N–H and O–H groups in total. The lowest BCUT2D eigenvalue weighted by molar-refractivity contribution is -0.0493. The Morgan fingerprint density at radius 3 is 2.83 bits per heavy atom. The molecule has 0 amide bonds. The van der Waals surface area contributed by atoms with Crippen LogP contribution in [0.2, 0.25) is 0 Å². The average molecular weight is 85.1 g/mol. The van der Waals surface area contributed by atoms with Gasteiger partial charge in [0.2, 0.25) is 0 Å². The van der Waals surface area contributed by atoms with Gasteiger partial charge in [-0.25, -0.2) is 0 Å². The maximum absolute atomic E-state index is 4.81. The Bertz CT molecular complexity index is 61.9. The van der Waals surface area contributed by atoms with E-state index in [0.29, 0.717) is 0 Å².